The number of aryl methyl sites for hydroxylation is 2. The topological polar surface area (TPSA) is 19.7 Å². The summed E-state index contributed by atoms with van der Waals surface area (Å²) in [4.78, 5) is 0. The molecule has 0 saturated heterocycles. The fourth-order valence-corrected chi connectivity index (χ4v) is 10.1. The molecule has 0 unspecified atom stereocenters. The van der Waals surface area contributed by atoms with E-state index in [9.17, 15) is 0 Å². The number of para-hydroxylation sites is 4. The zero-order chi connectivity index (χ0) is 40.2. The van der Waals surface area contributed by atoms with Crippen LogP contribution in [0.5, 0.6) is 0 Å². The van der Waals surface area contributed by atoms with Crippen LogP contribution in [0.3, 0.4) is 0 Å². The standard InChI is InChI=1S/C56H42N4/c1-35-37(3)57(43-25-29-55-49(33-43)45-19-11-13-21-51(45)59(55)41-15-7-5-8-16-41)53-27-23-39(31-47(35)53)40-24-28-54-48(32-40)36(2)38(4)58(54)44-26-30-56-50(34-44)46-20-12-14-22-52(46)60(56)42-17-9-6-10-18-42/h5-34H,1-4H3. The third-order valence-electron chi connectivity index (χ3n) is 13.2. The third kappa shape index (κ3) is 4.91. The van der Waals surface area contributed by atoms with Gasteiger partial charge >= 0.3 is 0 Å². The molecule has 60 heavy (non-hydrogen) atoms. The van der Waals surface area contributed by atoms with Gasteiger partial charge in [0.25, 0.3) is 0 Å². The van der Waals surface area contributed by atoms with Crippen molar-refractivity contribution < 1.29 is 0 Å². The first-order valence-electron chi connectivity index (χ1n) is 20.9. The summed E-state index contributed by atoms with van der Waals surface area (Å²) in [6.45, 7) is 9.04. The fraction of sp³-hybridized carbons (Fsp3) is 0.0714. The quantitative estimate of drug-likeness (QED) is 0.166. The molecule has 286 valence electrons. The molecule has 0 bridgehead atoms. The monoisotopic (exact) mass is 770 g/mol. The molecule has 0 aliphatic heterocycles. The lowest BCUT2D eigenvalue weighted by Gasteiger charge is -2.12. The third-order valence-corrected chi connectivity index (χ3v) is 13.2. The van der Waals surface area contributed by atoms with Gasteiger partial charge in [0.05, 0.1) is 33.1 Å². The first-order valence-corrected chi connectivity index (χ1v) is 20.9. The van der Waals surface area contributed by atoms with E-state index in [0.717, 1.165) is 0 Å². The maximum Gasteiger partial charge on any atom is 0.0542 e. The molecule has 4 heterocycles. The summed E-state index contributed by atoms with van der Waals surface area (Å²) >= 11 is 0. The van der Waals surface area contributed by atoms with Gasteiger partial charge in [0.2, 0.25) is 0 Å². The Labute approximate surface area is 348 Å². The zero-order valence-electron chi connectivity index (χ0n) is 34.1. The highest BCUT2D eigenvalue weighted by atomic mass is 15.0. The summed E-state index contributed by atoms with van der Waals surface area (Å²) in [6.07, 6.45) is 0. The first kappa shape index (κ1) is 34.5. The number of rotatable bonds is 5. The molecular formula is C56H42N4. The van der Waals surface area contributed by atoms with Crippen LogP contribution in [0.1, 0.15) is 22.5 Å². The first-order chi connectivity index (χ1) is 29.4. The predicted molar refractivity (Wildman–Crippen MR) is 253 cm³/mol. The number of aromatic nitrogens is 4. The molecule has 4 aromatic heterocycles. The van der Waals surface area contributed by atoms with Gasteiger partial charge in [-0.05, 0) is 147 Å². The van der Waals surface area contributed by atoms with Crippen LogP contribution in [0.4, 0.5) is 0 Å². The molecule has 12 aromatic rings. The Morgan fingerprint density at radius 1 is 0.250 bits per heavy atom. The largest absolute Gasteiger partial charge is 0.314 e. The van der Waals surface area contributed by atoms with Crippen molar-refractivity contribution in [2.24, 2.45) is 0 Å². The Kier molecular flexibility index (Phi) is 7.45. The maximum atomic E-state index is 2.44. The van der Waals surface area contributed by atoms with Gasteiger partial charge in [-0.3, -0.25) is 0 Å². The van der Waals surface area contributed by atoms with Crippen molar-refractivity contribution in [3.8, 4) is 33.9 Å². The Bertz CT molecular complexity index is 3440. The van der Waals surface area contributed by atoms with Gasteiger partial charge in [-0.15, -0.1) is 0 Å². The van der Waals surface area contributed by atoms with E-state index in [4.69, 9.17) is 0 Å². The molecule has 0 atom stereocenters. The number of benzene rings is 8. The van der Waals surface area contributed by atoms with E-state index in [1.165, 1.54) is 122 Å². The van der Waals surface area contributed by atoms with E-state index < -0.39 is 0 Å². The van der Waals surface area contributed by atoms with Crippen molar-refractivity contribution in [2.75, 3.05) is 0 Å². The summed E-state index contributed by atoms with van der Waals surface area (Å²) in [7, 11) is 0. The lowest BCUT2D eigenvalue weighted by atomic mass is 10.00. The highest BCUT2D eigenvalue weighted by molar-refractivity contribution is 6.11. The van der Waals surface area contributed by atoms with E-state index in [1.807, 2.05) is 0 Å². The molecule has 0 aliphatic rings. The van der Waals surface area contributed by atoms with Crippen molar-refractivity contribution in [1.29, 1.82) is 0 Å². The molecule has 0 saturated carbocycles. The smallest absolute Gasteiger partial charge is 0.0542 e. The van der Waals surface area contributed by atoms with Crippen molar-refractivity contribution in [2.45, 2.75) is 27.7 Å². The van der Waals surface area contributed by atoms with Crippen LogP contribution >= 0.6 is 0 Å². The van der Waals surface area contributed by atoms with Gasteiger partial charge in [-0.2, -0.15) is 0 Å². The van der Waals surface area contributed by atoms with Crippen LogP contribution in [0.2, 0.25) is 0 Å². The average molecular weight is 771 g/mol. The highest BCUT2D eigenvalue weighted by Gasteiger charge is 2.20. The van der Waals surface area contributed by atoms with Gasteiger partial charge in [-0.25, -0.2) is 0 Å². The van der Waals surface area contributed by atoms with E-state index in [-0.39, 0.29) is 0 Å². The summed E-state index contributed by atoms with van der Waals surface area (Å²) in [5.41, 5.74) is 19.6. The van der Waals surface area contributed by atoms with E-state index in [0.29, 0.717) is 0 Å². The number of nitrogens with zero attached hydrogens (tertiary/aromatic N) is 4. The maximum absolute atomic E-state index is 2.44. The van der Waals surface area contributed by atoms with Crippen molar-refractivity contribution in [3.63, 3.8) is 0 Å². The number of fused-ring (bicyclic) bond motifs is 8. The second-order valence-corrected chi connectivity index (χ2v) is 16.3. The average Bonchev–Trinajstić information content (AvgIpc) is 3.97. The highest BCUT2D eigenvalue weighted by Crippen LogP contribution is 2.40. The summed E-state index contributed by atoms with van der Waals surface area (Å²) in [6, 6.07) is 66.8. The van der Waals surface area contributed by atoms with Gasteiger partial charge in [0.1, 0.15) is 0 Å². The van der Waals surface area contributed by atoms with Gasteiger partial charge in [0, 0.05) is 66.5 Å². The summed E-state index contributed by atoms with van der Waals surface area (Å²) < 4.78 is 9.64. The SMILES string of the molecule is Cc1c(C)n(-c2ccc3c(c2)c2ccccc2n3-c2ccccc2)c2ccc(-c3ccc4c(c3)c(C)c(C)n4-c3ccc4c(c3)c3ccccc3n4-c3ccccc3)cc12. The van der Waals surface area contributed by atoms with Gasteiger partial charge in [0.15, 0.2) is 0 Å². The van der Waals surface area contributed by atoms with E-state index in [2.05, 4.69) is 228 Å². The Hall–Kier alpha value is -7.56. The van der Waals surface area contributed by atoms with Crippen LogP contribution in [-0.4, -0.2) is 18.3 Å². The molecule has 8 aromatic carbocycles. The fourth-order valence-electron chi connectivity index (χ4n) is 10.1. The Morgan fingerprint density at radius 3 is 1.03 bits per heavy atom. The lowest BCUT2D eigenvalue weighted by Crippen LogP contribution is -1.97. The van der Waals surface area contributed by atoms with Crippen LogP contribution in [-0.2, 0) is 0 Å². The minimum absolute atomic E-state index is 1.17. The molecule has 0 radical (unpaired) electrons. The second kappa shape index (κ2) is 13.0. The van der Waals surface area contributed by atoms with Crippen molar-refractivity contribution in [1.82, 2.24) is 18.3 Å². The van der Waals surface area contributed by atoms with Gasteiger partial charge < -0.3 is 18.3 Å². The van der Waals surface area contributed by atoms with Crippen LogP contribution in [0, 0.1) is 27.7 Å². The molecule has 4 heteroatoms. The predicted octanol–water partition coefficient (Wildman–Crippen LogP) is 14.7. The van der Waals surface area contributed by atoms with Crippen LogP contribution in [0.15, 0.2) is 182 Å². The second-order valence-electron chi connectivity index (χ2n) is 16.3. The summed E-state index contributed by atoms with van der Waals surface area (Å²) in [5.74, 6) is 0. The number of hydrogen-bond acceptors (Lipinski definition) is 0. The molecule has 0 spiro atoms. The van der Waals surface area contributed by atoms with Gasteiger partial charge in [-0.1, -0.05) is 84.9 Å². The lowest BCUT2D eigenvalue weighted by molar-refractivity contribution is 1.04. The summed E-state index contributed by atoms with van der Waals surface area (Å²) in [5, 5.41) is 7.60. The molecule has 12 rings (SSSR count). The Balaban J connectivity index is 0.952. The molecule has 0 fully saturated rings. The van der Waals surface area contributed by atoms with E-state index in [1.54, 1.807) is 0 Å². The van der Waals surface area contributed by atoms with Crippen LogP contribution < -0.4 is 0 Å². The molecule has 4 nitrogen and oxygen atoms in total. The minimum atomic E-state index is 1.17. The normalized spacial score (nSPS) is 12.0. The molecule has 0 amide bonds. The zero-order valence-corrected chi connectivity index (χ0v) is 34.1. The van der Waals surface area contributed by atoms with Crippen molar-refractivity contribution >= 4 is 65.4 Å². The van der Waals surface area contributed by atoms with Crippen molar-refractivity contribution in [3.05, 3.63) is 205 Å². The minimum Gasteiger partial charge on any atom is -0.314 e. The molecule has 0 N–H and O–H groups in total. The number of hydrogen-bond donors (Lipinski definition) is 0. The Morgan fingerprint density at radius 2 is 0.600 bits per heavy atom. The van der Waals surface area contributed by atoms with E-state index >= 15 is 0 Å². The molecular weight excluding hydrogens is 729 g/mol. The molecule has 0 aliphatic carbocycles. The van der Waals surface area contributed by atoms with Crippen LogP contribution in [0.25, 0.3) is 99.3 Å².